The van der Waals surface area contributed by atoms with Gasteiger partial charge in [-0.15, -0.1) is 0 Å². The summed E-state index contributed by atoms with van der Waals surface area (Å²) in [6.45, 7) is 0. The normalized spacial score (nSPS) is 13.0. The summed E-state index contributed by atoms with van der Waals surface area (Å²) >= 11 is 0. The van der Waals surface area contributed by atoms with Crippen LogP contribution >= 0.6 is 0 Å². The minimum Gasteiger partial charge on any atom is -0.456 e. The SMILES string of the molecule is c1ccc(-c2ccc(N(c3ccc4c(c3)C3(c5ccccc5-c5ccccc53)c3ccccc3-4)c3ccc4oc5ccccc5c4c3-c3cccc4c3ccc3ccccc34)cc2)cc1. The molecule has 0 fully saturated rings. The maximum absolute atomic E-state index is 6.72. The smallest absolute Gasteiger partial charge is 0.136 e. The Labute approximate surface area is 376 Å². The molecule has 0 amide bonds. The van der Waals surface area contributed by atoms with Gasteiger partial charge >= 0.3 is 0 Å². The fourth-order valence-corrected chi connectivity index (χ4v) is 11.6. The molecule has 2 aliphatic carbocycles. The van der Waals surface area contributed by atoms with Gasteiger partial charge in [0.15, 0.2) is 0 Å². The number of anilines is 3. The van der Waals surface area contributed by atoms with Crippen LogP contribution in [0.4, 0.5) is 17.1 Å². The van der Waals surface area contributed by atoms with Crippen LogP contribution in [0.2, 0.25) is 0 Å². The van der Waals surface area contributed by atoms with Crippen LogP contribution in [0.5, 0.6) is 0 Å². The summed E-state index contributed by atoms with van der Waals surface area (Å²) in [7, 11) is 0. The average Bonchev–Trinajstić information content (AvgIpc) is 4.01. The van der Waals surface area contributed by atoms with E-state index in [1.807, 2.05) is 0 Å². The van der Waals surface area contributed by atoms with E-state index in [9.17, 15) is 0 Å². The summed E-state index contributed by atoms with van der Waals surface area (Å²) in [4.78, 5) is 2.49. The van der Waals surface area contributed by atoms with Gasteiger partial charge < -0.3 is 9.32 Å². The maximum atomic E-state index is 6.72. The molecule has 2 nitrogen and oxygen atoms in total. The lowest BCUT2D eigenvalue weighted by atomic mass is 9.70. The number of hydrogen-bond donors (Lipinski definition) is 0. The van der Waals surface area contributed by atoms with Gasteiger partial charge in [0.2, 0.25) is 0 Å². The molecule has 0 aliphatic heterocycles. The van der Waals surface area contributed by atoms with Gasteiger partial charge in [0, 0.05) is 27.7 Å². The summed E-state index contributed by atoms with van der Waals surface area (Å²) < 4.78 is 6.72. The predicted molar refractivity (Wildman–Crippen MR) is 271 cm³/mol. The Balaban J connectivity index is 1.09. The van der Waals surface area contributed by atoms with E-state index in [0.29, 0.717) is 0 Å². The molecule has 2 aliphatic rings. The van der Waals surface area contributed by atoms with Gasteiger partial charge in [-0.05, 0) is 125 Å². The topological polar surface area (TPSA) is 16.4 Å². The zero-order valence-corrected chi connectivity index (χ0v) is 35.4. The molecule has 1 aromatic heterocycles. The summed E-state index contributed by atoms with van der Waals surface area (Å²) in [6.07, 6.45) is 0. The third kappa shape index (κ3) is 5.05. The molecule has 302 valence electrons. The highest BCUT2D eigenvalue weighted by atomic mass is 16.3. The molecular weight excluding hydrogens is 787 g/mol. The van der Waals surface area contributed by atoms with E-state index in [0.717, 1.165) is 50.1 Å². The van der Waals surface area contributed by atoms with Crippen molar-refractivity contribution < 1.29 is 4.42 Å². The summed E-state index contributed by atoms with van der Waals surface area (Å²) in [5, 5.41) is 7.10. The van der Waals surface area contributed by atoms with E-state index in [4.69, 9.17) is 4.42 Å². The van der Waals surface area contributed by atoms with Crippen molar-refractivity contribution in [2.45, 2.75) is 5.41 Å². The third-order valence-electron chi connectivity index (χ3n) is 14.3. The molecule has 0 saturated carbocycles. The van der Waals surface area contributed by atoms with Crippen LogP contribution in [-0.4, -0.2) is 0 Å². The van der Waals surface area contributed by atoms with Gasteiger partial charge in [-0.25, -0.2) is 0 Å². The lowest BCUT2D eigenvalue weighted by molar-refractivity contribution is 0.669. The molecule has 11 aromatic carbocycles. The number of rotatable bonds is 5. The first-order valence-corrected chi connectivity index (χ1v) is 22.5. The van der Waals surface area contributed by atoms with Gasteiger partial charge in [-0.2, -0.15) is 0 Å². The number of nitrogens with zero attached hydrogens (tertiary/aromatic N) is 1. The van der Waals surface area contributed by atoms with Crippen molar-refractivity contribution in [2.75, 3.05) is 4.90 Å². The molecular formula is C63H39NO. The highest BCUT2D eigenvalue weighted by Gasteiger charge is 2.51. The molecule has 12 aromatic rings. The zero-order valence-electron chi connectivity index (χ0n) is 35.4. The number of benzene rings is 11. The van der Waals surface area contributed by atoms with Gasteiger partial charge in [0.05, 0.1) is 11.1 Å². The Morgan fingerprint density at radius 2 is 0.892 bits per heavy atom. The third-order valence-corrected chi connectivity index (χ3v) is 14.3. The van der Waals surface area contributed by atoms with Crippen molar-refractivity contribution in [2.24, 2.45) is 0 Å². The van der Waals surface area contributed by atoms with Crippen molar-refractivity contribution in [3.63, 3.8) is 0 Å². The summed E-state index contributed by atoms with van der Waals surface area (Å²) in [5.74, 6) is 0. The van der Waals surface area contributed by atoms with Gasteiger partial charge in [0.25, 0.3) is 0 Å². The van der Waals surface area contributed by atoms with Crippen molar-refractivity contribution >= 4 is 60.5 Å². The highest BCUT2D eigenvalue weighted by molar-refractivity contribution is 6.21. The van der Waals surface area contributed by atoms with Crippen LogP contribution in [0.3, 0.4) is 0 Å². The lowest BCUT2D eigenvalue weighted by Crippen LogP contribution is -2.26. The Bertz CT molecular complexity index is 3830. The first kappa shape index (κ1) is 36.1. The highest BCUT2D eigenvalue weighted by Crippen LogP contribution is 2.63. The Morgan fingerprint density at radius 1 is 0.323 bits per heavy atom. The number of furan rings is 1. The van der Waals surface area contributed by atoms with Crippen molar-refractivity contribution in [3.05, 3.63) is 259 Å². The zero-order chi connectivity index (χ0) is 42.6. The van der Waals surface area contributed by atoms with Crippen LogP contribution < -0.4 is 4.90 Å². The largest absolute Gasteiger partial charge is 0.456 e. The minimum absolute atomic E-state index is 0.484. The van der Waals surface area contributed by atoms with E-state index < -0.39 is 5.41 Å². The molecule has 0 atom stereocenters. The van der Waals surface area contributed by atoms with Gasteiger partial charge in [-0.3, -0.25) is 0 Å². The fraction of sp³-hybridized carbons (Fsp3) is 0.0159. The summed E-state index contributed by atoms with van der Waals surface area (Å²) in [6, 6.07) is 87.2. The monoisotopic (exact) mass is 825 g/mol. The minimum atomic E-state index is -0.484. The number of hydrogen-bond acceptors (Lipinski definition) is 2. The van der Waals surface area contributed by atoms with E-state index in [2.05, 4.69) is 241 Å². The predicted octanol–water partition coefficient (Wildman–Crippen LogP) is 17.0. The molecule has 1 heterocycles. The fourth-order valence-electron chi connectivity index (χ4n) is 11.6. The molecule has 0 bridgehead atoms. The molecule has 14 rings (SSSR count). The van der Waals surface area contributed by atoms with Crippen LogP contribution in [0.15, 0.2) is 241 Å². The molecule has 0 radical (unpaired) electrons. The van der Waals surface area contributed by atoms with Crippen LogP contribution in [0.25, 0.3) is 88.0 Å². The van der Waals surface area contributed by atoms with Gasteiger partial charge in [0.1, 0.15) is 11.2 Å². The second-order valence-corrected chi connectivity index (χ2v) is 17.5. The molecule has 2 heteroatoms. The van der Waals surface area contributed by atoms with Crippen LogP contribution in [0.1, 0.15) is 22.3 Å². The van der Waals surface area contributed by atoms with Crippen LogP contribution in [-0.2, 0) is 5.41 Å². The molecule has 0 N–H and O–H groups in total. The van der Waals surface area contributed by atoms with E-state index in [1.54, 1.807) is 0 Å². The van der Waals surface area contributed by atoms with Crippen molar-refractivity contribution in [1.82, 2.24) is 0 Å². The number of para-hydroxylation sites is 1. The van der Waals surface area contributed by atoms with E-state index >= 15 is 0 Å². The van der Waals surface area contributed by atoms with Gasteiger partial charge in [-0.1, -0.05) is 194 Å². The van der Waals surface area contributed by atoms with Crippen LogP contribution in [0, 0.1) is 0 Å². The molecule has 65 heavy (non-hydrogen) atoms. The molecule has 1 spiro atoms. The second kappa shape index (κ2) is 13.8. The van der Waals surface area contributed by atoms with Crippen molar-refractivity contribution in [3.8, 4) is 44.5 Å². The standard InChI is InChI=1S/C63H39NO/c1-2-15-40(16-3-1)41-29-32-43(33-30-41)64(44-34-36-51-50-21-8-12-27-56(50)63(57(51)39-44)54-25-10-6-19-48(54)49-20-7-11-26-55(49)63)58-37-38-60-62(53-22-9-13-28-59(53)65-60)61(58)52-24-14-23-46-45-18-5-4-17-42(45)31-35-47(46)52/h1-39H. The Kier molecular flexibility index (Phi) is 7.64. The van der Waals surface area contributed by atoms with E-state index in [-0.39, 0.29) is 0 Å². The number of fused-ring (bicyclic) bond motifs is 16. The molecule has 0 unspecified atom stereocenters. The second-order valence-electron chi connectivity index (χ2n) is 17.5. The summed E-state index contributed by atoms with van der Waals surface area (Å²) in [5.41, 5.74) is 19.6. The first-order valence-electron chi connectivity index (χ1n) is 22.5. The average molecular weight is 826 g/mol. The Hall–Kier alpha value is -8.46. The molecule has 0 saturated heterocycles. The lowest BCUT2D eigenvalue weighted by Gasteiger charge is -2.33. The van der Waals surface area contributed by atoms with E-state index in [1.165, 1.54) is 77.2 Å². The first-order chi connectivity index (χ1) is 32.3. The quantitative estimate of drug-likeness (QED) is 0.161. The maximum Gasteiger partial charge on any atom is 0.136 e. The Morgan fingerprint density at radius 3 is 1.63 bits per heavy atom. The van der Waals surface area contributed by atoms with Crippen molar-refractivity contribution in [1.29, 1.82) is 0 Å².